The highest BCUT2D eigenvalue weighted by molar-refractivity contribution is 5.72. The molecule has 0 saturated carbocycles. The van der Waals surface area contributed by atoms with Crippen LogP contribution in [0, 0.1) is 13.8 Å². The molecule has 2 heterocycles. The Morgan fingerprint density at radius 3 is 2.39 bits per heavy atom. The number of imidazole rings is 1. The summed E-state index contributed by atoms with van der Waals surface area (Å²) in [6.07, 6.45) is 3.75. The van der Waals surface area contributed by atoms with Crippen LogP contribution in [-0.4, -0.2) is 14.6 Å². The first-order valence-electron chi connectivity index (χ1n) is 7.69. The van der Waals surface area contributed by atoms with Crippen LogP contribution in [0.25, 0.3) is 28.0 Å². The fraction of sp³-hybridized carbons (Fsp3) is 0.100. The van der Waals surface area contributed by atoms with Gasteiger partial charge in [0.05, 0.1) is 11.9 Å². The lowest BCUT2D eigenvalue weighted by Crippen LogP contribution is -1.86. The topological polar surface area (TPSA) is 30.2 Å². The Balaban J connectivity index is 1.77. The summed E-state index contributed by atoms with van der Waals surface area (Å²) < 4.78 is 1.81. The SMILES string of the molecule is Cc1ccc(-c2ccc(-c3cn4ncccc4n3)c(C)c2)cc1. The van der Waals surface area contributed by atoms with Gasteiger partial charge in [0.15, 0.2) is 5.65 Å². The van der Waals surface area contributed by atoms with E-state index in [0.717, 1.165) is 16.9 Å². The van der Waals surface area contributed by atoms with Crippen LogP contribution >= 0.6 is 0 Å². The summed E-state index contributed by atoms with van der Waals surface area (Å²) in [6, 6.07) is 19.0. The number of benzene rings is 2. The molecule has 3 nitrogen and oxygen atoms in total. The summed E-state index contributed by atoms with van der Waals surface area (Å²) in [4.78, 5) is 4.66. The zero-order valence-corrected chi connectivity index (χ0v) is 13.2. The average molecular weight is 299 g/mol. The monoisotopic (exact) mass is 299 g/mol. The molecule has 0 amide bonds. The molecule has 0 unspecified atom stereocenters. The molecule has 112 valence electrons. The third kappa shape index (κ3) is 2.50. The van der Waals surface area contributed by atoms with E-state index in [9.17, 15) is 0 Å². The number of aryl methyl sites for hydroxylation is 2. The van der Waals surface area contributed by atoms with Crippen molar-refractivity contribution in [1.82, 2.24) is 14.6 Å². The smallest absolute Gasteiger partial charge is 0.154 e. The standard InChI is InChI=1S/C20H17N3/c1-14-5-7-16(8-6-14)17-9-10-18(15(2)12-17)19-13-23-20(22-19)4-3-11-21-23/h3-13H,1-2H3. The predicted molar refractivity (Wildman–Crippen MR) is 93.3 cm³/mol. The molecule has 0 bridgehead atoms. The molecule has 2 aromatic carbocycles. The molecule has 0 spiro atoms. The van der Waals surface area contributed by atoms with Gasteiger partial charge in [-0.15, -0.1) is 0 Å². The minimum atomic E-state index is 0.865. The van der Waals surface area contributed by atoms with Gasteiger partial charge in [-0.05, 0) is 42.7 Å². The van der Waals surface area contributed by atoms with Gasteiger partial charge < -0.3 is 0 Å². The second-order valence-electron chi connectivity index (χ2n) is 5.85. The number of aromatic nitrogens is 3. The van der Waals surface area contributed by atoms with E-state index in [1.54, 1.807) is 6.20 Å². The van der Waals surface area contributed by atoms with Crippen LogP contribution in [0.5, 0.6) is 0 Å². The highest BCUT2D eigenvalue weighted by Gasteiger charge is 2.08. The summed E-state index contributed by atoms with van der Waals surface area (Å²) in [5.41, 5.74) is 7.92. The molecule has 0 aliphatic carbocycles. The largest absolute Gasteiger partial charge is 0.227 e. The van der Waals surface area contributed by atoms with Gasteiger partial charge in [-0.2, -0.15) is 5.10 Å². The van der Waals surface area contributed by atoms with Crippen molar-refractivity contribution >= 4 is 5.65 Å². The van der Waals surface area contributed by atoms with Crippen LogP contribution in [0.1, 0.15) is 11.1 Å². The van der Waals surface area contributed by atoms with Crippen molar-refractivity contribution < 1.29 is 0 Å². The molecular weight excluding hydrogens is 282 g/mol. The Kier molecular flexibility index (Phi) is 3.19. The van der Waals surface area contributed by atoms with Crippen molar-refractivity contribution in [1.29, 1.82) is 0 Å². The summed E-state index contributed by atoms with van der Waals surface area (Å²) in [7, 11) is 0. The van der Waals surface area contributed by atoms with E-state index >= 15 is 0 Å². The second-order valence-corrected chi connectivity index (χ2v) is 5.85. The molecule has 0 N–H and O–H groups in total. The van der Waals surface area contributed by atoms with Crippen LogP contribution in [0.2, 0.25) is 0 Å². The maximum absolute atomic E-state index is 4.66. The molecule has 0 saturated heterocycles. The Bertz CT molecular complexity index is 948. The summed E-state index contributed by atoms with van der Waals surface area (Å²) in [6.45, 7) is 4.24. The first kappa shape index (κ1) is 13.7. The lowest BCUT2D eigenvalue weighted by Gasteiger charge is -2.07. The van der Waals surface area contributed by atoms with Crippen LogP contribution in [0.3, 0.4) is 0 Å². The second kappa shape index (κ2) is 5.36. The van der Waals surface area contributed by atoms with Gasteiger partial charge in [0.1, 0.15) is 0 Å². The van der Waals surface area contributed by atoms with E-state index in [0.29, 0.717) is 0 Å². The number of hydrogen-bond acceptors (Lipinski definition) is 2. The Labute approximate surface area is 135 Å². The van der Waals surface area contributed by atoms with Gasteiger partial charge in [-0.3, -0.25) is 0 Å². The third-order valence-corrected chi connectivity index (χ3v) is 4.12. The fourth-order valence-corrected chi connectivity index (χ4v) is 2.84. The van der Waals surface area contributed by atoms with Gasteiger partial charge >= 0.3 is 0 Å². The molecule has 2 aromatic heterocycles. The molecule has 0 atom stereocenters. The van der Waals surface area contributed by atoms with Gasteiger partial charge in [0.2, 0.25) is 0 Å². The Morgan fingerprint density at radius 2 is 1.65 bits per heavy atom. The van der Waals surface area contributed by atoms with Gasteiger partial charge in [-0.1, -0.05) is 48.0 Å². The zero-order chi connectivity index (χ0) is 15.8. The maximum Gasteiger partial charge on any atom is 0.154 e. The van der Waals surface area contributed by atoms with Crippen LogP contribution < -0.4 is 0 Å². The first-order valence-corrected chi connectivity index (χ1v) is 7.69. The minimum absolute atomic E-state index is 0.865. The minimum Gasteiger partial charge on any atom is -0.227 e. The van der Waals surface area contributed by atoms with Crippen molar-refractivity contribution in [2.24, 2.45) is 0 Å². The molecular formula is C20H17N3. The average Bonchev–Trinajstić information content (AvgIpc) is 2.99. The van der Waals surface area contributed by atoms with Crippen molar-refractivity contribution in [3.05, 3.63) is 78.1 Å². The van der Waals surface area contributed by atoms with Crippen molar-refractivity contribution in [3.8, 4) is 22.4 Å². The van der Waals surface area contributed by atoms with Crippen molar-refractivity contribution in [3.63, 3.8) is 0 Å². The number of fused-ring (bicyclic) bond motifs is 1. The van der Waals surface area contributed by atoms with E-state index in [1.165, 1.54) is 22.3 Å². The number of rotatable bonds is 2. The first-order chi connectivity index (χ1) is 11.2. The van der Waals surface area contributed by atoms with E-state index < -0.39 is 0 Å². The molecule has 0 aliphatic rings. The van der Waals surface area contributed by atoms with Crippen molar-refractivity contribution in [2.75, 3.05) is 0 Å². The van der Waals surface area contributed by atoms with E-state index in [1.807, 2.05) is 22.8 Å². The van der Waals surface area contributed by atoms with Gasteiger partial charge in [-0.25, -0.2) is 9.50 Å². The number of nitrogens with zero attached hydrogens (tertiary/aromatic N) is 3. The van der Waals surface area contributed by atoms with Crippen LogP contribution in [-0.2, 0) is 0 Å². The molecule has 3 heteroatoms. The maximum atomic E-state index is 4.66. The molecule has 0 fully saturated rings. The van der Waals surface area contributed by atoms with E-state index in [-0.39, 0.29) is 0 Å². The molecule has 4 rings (SSSR count). The highest BCUT2D eigenvalue weighted by Crippen LogP contribution is 2.28. The fourth-order valence-electron chi connectivity index (χ4n) is 2.84. The summed E-state index contributed by atoms with van der Waals surface area (Å²) in [5, 5.41) is 4.28. The van der Waals surface area contributed by atoms with Gasteiger partial charge in [0.25, 0.3) is 0 Å². The lowest BCUT2D eigenvalue weighted by molar-refractivity contribution is 0.936. The zero-order valence-electron chi connectivity index (χ0n) is 13.2. The van der Waals surface area contributed by atoms with E-state index in [4.69, 9.17) is 0 Å². The Morgan fingerprint density at radius 1 is 0.870 bits per heavy atom. The molecule has 0 aliphatic heterocycles. The summed E-state index contributed by atoms with van der Waals surface area (Å²) >= 11 is 0. The molecule has 4 aromatic rings. The Hall–Kier alpha value is -2.94. The summed E-state index contributed by atoms with van der Waals surface area (Å²) in [5.74, 6) is 0. The van der Waals surface area contributed by atoms with Crippen LogP contribution in [0.4, 0.5) is 0 Å². The number of hydrogen-bond donors (Lipinski definition) is 0. The van der Waals surface area contributed by atoms with Crippen molar-refractivity contribution in [2.45, 2.75) is 13.8 Å². The molecule has 0 radical (unpaired) electrons. The molecule has 23 heavy (non-hydrogen) atoms. The third-order valence-electron chi connectivity index (χ3n) is 4.12. The highest BCUT2D eigenvalue weighted by atomic mass is 15.2. The quantitative estimate of drug-likeness (QED) is 0.538. The normalized spacial score (nSPS) is 11.0. The lowest BCUT2D eigenvalue weighted by atomic mass is 9.98. The van der Waals surface area contributed by atoms with Gasteiger partial charge in [0, 0.05) is 11.8 Å². The predicted octanol–water partition coefficient (Wildman–Crippen LogP) is 4.68. The van der Waals surface area contributed by atoms with Crippen LogP contribution in [0.15, 0.2) is 67.0 Å². The van der Waals surface area contributed by atoms with E-state index in [2.05, 4.69) is 66.4 Å².